The lowest BCUT2D eigenvalue weighted by atomic mass is 9.41. The maximum Gasteiger partial charge on any atom is 0.311 e. The molecule has 0 heterocycles. The van der Waals surface area contributed by atoms with E-state index < -0.39 is 22.8 Å². The highest BCUT2D eigenvalue weighted by molar-refractivity contribution is 5.88. The summed E-state index contributed by atoms with van der Waals surface area (Å²) in [4.78, 5) is 24.5. The number of hydrogen-bond acceptors (Lipinski definition) is 2. The van der Waals surface area contributed by atoms with Gasteiger partial charge in [0.2, 0.25) is 0 Å². The molecule has 1 rings (SSSR count). The van der Waals surface area contributed by atoms with E-state index in [-0.39, 0.29) is 23.7 Å². The van der Waals surface area contributed by atoms with Gasteiger partial charge in [-0.15, -0.1) is 0 Å². The second-order valence-corrected chi connectivity index (χ2v) is 7.04. The van der Waals surface area contributed by atoms with E-state index in [9.17, 15) is 19.8 Å². The van der Waals surface area contributed by atoms with Crippen LogP contribution >= 0.6 is 0 Å². The van der Waals surface area contributed by atoms with E-state index >= 15 is 0 Å². The van der Waals surface area contributed by atoms with Gasteiger partial charge < -0.3 is 10.2 Å². The highest BCUT2D eigenvalue weighted by Crippen LogP contribution is 2.63. The molecule has 0 aromatic carbocycles. The van der Waals surface area contributed by atoms with Crippen LogP contribution in [0.1, 0.15) is 54.4 Å². The Bertz CT molecular complexity index is 363. The van der Waals surface area contributed by atoms with Crippen LogP contribution in [0.5, 0.6) is 0 Å². The fourth-order valence-electron chi connectivity index (χ4n) is 5.13. The first-order valence-corrected chi connectivity index (χ1v) is 7.54. The van der Waals surface area contributed by atoms with Crippen molar-refractivity contribution >= 4 is 11.9 Å². The predicted molar refractivity (Wildman–Crippen MR) is 77.4 cm³/mol. The molecule has 4 heteroatoms. The first-order valence-electron chi connectivity index (χ1n) is 7.54. The van der Waals surface area contributed by atoms with Crippen molar-refractivity contribution in [3.8, 4) is 0 Å². The Balaban J connectivity index is 3.76. The number of carbonyl (C=O) groups is 2. The maximum absolute atomic E-state index is 12.2. The van der Waals surface area contributed by atoms with Crippen molar-refractivity contribution in [2.75, 3.05) is 0 Å². The van der Waals surface area contributed by atoms with Gasteiger partial charge in [0.1, 0.15) is 0 Å². The number of carboxylic acid groups (broad SMARTS) is 2. The Morgan fingerprint density at radius 2 is 1.10 bits per heavy atom. The molecule has 0 amide bonds. The minimum Gasteiger partial charge on any atom is -0.481 e. The number of rotatable bonds is 4. The van der Waals surface area contributed by atoms with Gasteiger partial charge in [0.05, 0.1) is 10.8 Å². The van der Waals surface area contributed by atoms with Crippen molar-refractivity contribution in [1.82, 2.24) is 0 Å². The largest absolute Gasteiger partial charge is 0.481 e. The smallest absolute Gasteiger partial charge is 0.311 e. The van der Waals surface area contributed by atoms with Gasteiger partial charge in [0, 0.05) is 0 Å². The first kappa shape index (κ1) is 17.0. The van der Waals surface area contributed by atoms with Crippen molar-refractivity contribution in [3.63, 3.8) is 0 Å². The second-order valence-electron chi connectivity index (χ2n) is 7.04. The van der Waals surface area contributed by atoms with Crippen LogP contribution in [0.3, 0.4) is 0 Å². The molecule has 116 valence electrons. The van der Waals surface area contributed by atoms with E-state index in [1.54, 1.807) is 0 Å². The Labute approximate surface area is 121 Å². The molecule has 4 nitrogen and oxygen atoms in total. The fourth-order valence-corrected chi connectivity index (χ4v) is 5.13. The van der Waals surface area contributed by atoms with E-state index in [2.05, 4.69) is 0 Å². The zero-order valence-corrected chi connectivity index (χ0v) is 13.4. The van der Waals surface area contributed by atoms with Crippen LogP contribution < -0.4 is 0 Å². The van der Waals surface area contributed by atoms with Gasteiger partial charge in [-0.1, -0.05) is 41.5 Å². The monoisotopic (exact) mass is 284 g/mol. The van der Waals surface area contributed by atoms with E-state index in [1.165, 1.54) is 0 Å². The summed E-state index contributed by atoms with van der Waals surface area (Å²) in [6.45, 7) is 11.2. The Kier molecular flexibility index (Phi) is 4.57. The molecule has 1 aliphatic carbocycles. The molecule has 4 unspecified atom stereocenters. The van der Waals surface area contributed by atoms with Crippen molar-refractivity contribution in [3.05, 3.63) is 0 Å². The first-order chi connectivity index (χ1) is 9.07. The molecule has 1 fully saturated rings. The Hall–Kier alpha value is -1.06. The molecular weight excluding hydrogens is 256 g/mol. The summed E-state index contributed by atoms with van der Waals surface area (Å²) in [7, 11) is 0. The van der Waals surface area contributed by atoms with Crippen LogP contribution in [0.4, 0.5) is 0 Å². The molecule has 20 heavy (non-hydrogen) atoms. The zero-order valence-electron chi connectivity index (χ0n) is 13.4. The Morgan fingerprint density at radius 3 is 1.25 bits per heavy atom. The van der Waals surface area contributed by atoms with Crippen LogP contribution in [0.25, 0.3) is 0 Å². The van der Waals surface area contributed by atoms with Gasteiger partial charge in [-0.2, -0.15) is 0 Å². The normalized spacial score (nSPS) is 38.2. The number of aliphatic carboxylic acids is 2. The van der Waals surface area contributed by atoms with E-state index in [0.717, 1.165) is 12.8 Å². The van der Waals surface area contributed by atoms with Crippen molar-refractivity contribution in [2.24, 2.45) is 34.5 Å². The minimum atomic E-state index is -1.22. The van der Waals surface area contributed by atoms with Crippen LogP contribution in [-0.2, 0) is 9.59 Å². The third kappa shape index (κ3) is 1.80. The molecule has 1 aliphatic rings. The van der Waals surface area contributed by atoms with Crippen LogP contribution in [0, 0.1) is 34.5 Å². The molecule has 0 aromatic heterocycles. The van der Waals surface area contributed by atoms with Crippen LogP contribution in [0.15, 0.2) is 0 Å². The van der Waals surface area contributed by atoms with Crippen molar-refractivity contribution in [1.29, 1.82) is 0 Å². The molecule has 1 saturated carbocycles. The molecule has 0 aliphatic heterocycles. The van der Waals surface area contributed by atoms with E-state index in [4.69, 9.17) is 0 Å². The summed E-state index contributed by atoms with van der Waals surface area (Å²) >= 11 is 0. The third-order valence-corrected chi connectivity index (χ3v) is 5.80. The lowest BCUT2D eigenvalue weighted by Crippen LogP contribution is -2.66. The molecule has 4 atom stereocenters. The average Bonchev–Trinajstić information content (AvgIpc) is 2.29. The summed E-state index contributed by atoms with van der Waals surface area (Å²) in [5.74, 6) is -2.65. The lowest BCUT2D eigenvalue weighted by molar-refractivity contribution is -0.211. The molecule has 0 aromatic rings. The van der Waals surface area contributed by atoms with Crippen molar-refractivity contribution in [2.45, 2.75) is 54.4 Å². The highest BCUT2D eigenvalue weighted by atomic mass is 16.4. The van der Waals surface area contributed by atoms with E-state index in [0.29, 0.717) is 0 Å². The lowest BCUT2D eigenvalue weighted by Gasteiger charge is -2.59. The summed E-state index contributed by atoms with van der Waals surface area (Å²) < 4.78 is 0. The summed E-state index contributed by atoms with van der Waals surface area (Å²) in [6, 6.07) is 0. The third-order valence-electron chi connectivity index (χ3n) is 5.80. The molecule has 0 saturated heterocycles. The molecule has 2 N–H and O–H groups in total. The predicted octanol–water partition coefficient (Wildman–Crippen LogP) is 3.51. The topological polar surface area (TPSA) is 74.6 Å². The standard InChI is InChI=1S/C16H28O4/c1-9(2)15(13(17)18)11(5)7-8-12(6)16(15,10(3)4)14(19)20/h9-12H,7-8H2,1-6H3,(H,17,18)(H,19,20). The Morgan fingerprint density at radius 1 is 0.850 bits per heavy atom. The van der Waals surface area contributed by atoms with Gasteiger partial charge in [0.25, 0.3) is 0 Å². The maximum atomic E-state index is 12.2. The second kappa shape index (κ2) is 5.38. The van der Waals surface area contributed by atoms with Gasteiger partial charge in [-0.3, -0.25) is 9.59 Å². The van der Waals surface area contributed by atoms with Crippen molar-refractivity contribution < 1.29 is 19.8 Å². The molecule has 0 bridgehead atoms. The highest BCUT2D eigenvalue weighted by Gasteiger charge is 2.70. The van der Waals surface area contributed by atoms with Gasteiger partial charge >= 0.3 is 11.9 Å². The minimum absolute atomic E-state index is 0.144. The van der Waals surface area contributed by atoms with Gasteiger partial charge in [-0.05, 0) is 36.5 Å². The molecule has 0 spiro atoms. The fraction of sp³-hybridized carbons (Fsp3) is 0.875. The van der Waals surface area contributed by atoms with Gasteiger partial charge in [0.15, 0.2) is 0 Å². The zero-order chi connectivity index (χ0) is 15.9. The van der Waals surface area contributed by atoms with E-state index in [1.807, 2.05) is 41.5 Å². The quantitative estimate of drug-likeness (QED) is 0.828. The summed E-state index contributed by atoms with van der Waals surface area (Å²) in [6.07, 6.45) is 1.54. The SMILES string of the molecule is CC(C)C1(C(=O)O)C(C)CCC(C)C1(C(=O)O)C(C)C. The average molecular weight is 284 g/mol. The van der Waals surface area contributed by atoms with Crippen LogP contribution in [-0.4, -0.2) is 22.2 Å². The number of hydrogen-bond donors (Lipinski definition) is 2. The molecular formula is C16H28O4. The van der Waals surface area contributed by atoms with Crippen LogP contribution in [0.2, 0.25) is 0 Å². The number of carboxylic acids is 2. The summed E-state index contributed by atoms with van der Waals surface area (Å²) in [5, 5.41) is 20.0. The summed E-state index contributed by atoms with van der Waals surface area (Å²) in [5.41, 5.74) is -2.44. The molecule has 0 radical (unpaired) electrons. The van der Waals surface area contributed by atoms with Gasteiger partial charge in [-0.25, -0.2) is 0 Å².